The van der Waals surface area contributed by atoms with Crippen LogP contribution in [0.3, 0.4) is 0 Å². The molecule has 0 radical (unpaired) electrons. The van der Waals surface area contributed by atoms with Crippen molar-refractivity contribution in [1.82, 2.24) is 5.32 Å². The highest BCUT2D eigenvalue weighted by atomic mass is 32.1. The van der Waals surface area contributed by atoms with E-state index >= 15 is 0 Å². The maximum atomic E-state index is 12.1. The molecule has 1 amide bonds. The zero-order valence-corrected chi connectivity index (χ0v) is 14.4. The van der Waals surface area contributed by atoms with E-state index < -0.39 is 22.9 Å². The van der Waals surface area contributed by atoms with E-state index in [4.69, 9.17) is 14.2 Å². The topological polar surface area (TPSA) is 117 Å². The molecule has 136 valence electrons. The molecule has 26 heavy (non-hydrogen) atoms. The van der Waals surface area contributed by atoms with E-state index in [0.717, 1.165) is 5.56 Å². The molecule has 0 fully saturated rings. The maximum absolute atomic E-state index is 12.1. The van der Waals surface area contributed by atoms with E-state index in [0.29, 0.717) is 22.8 Å². The fraction of sp³-hybridized carbons (Fsp3) is 0.250. The van der Waals surface area contributed by atoms with Gasteiger partial charge in [-0.15, -0.1) is 0 Å². The summed E-state index contributed by atoms with van der Waals surface area (Å²) < 4.78 is 15.5. The molecule has 1 N–H and O–H groups in total. The molecule has 0 spiro atoms. The van der Waals surface area contributed by atoms with Crippen LogP contribution in [0.4, 0.5) is 5.00 Å². The minimum absolute atomic E-state index is 0.0621. The minimum atomic E-state index is -1.04. The number of amides is 1. The fourth-order valence-electron chi connectivity index (χ4n) is 2.19. The van der Waals surface area contributed by atoms with Gasteiger partial charge in [-0.05, 0) is 30.7 Å². The fourth-order valence-corrected chi connectivity index (χ4v) is 2.89. The monoisotopic (exact) mass is 378 g/mol. The molecule has 1 aromatic carbocycles. The standard InChI is InChI=1S/C16H14N2O7S/c1-9(25-16(20)13-4-5-14(26-13)18(21)22)15(19)17-7-10-2-3-11-12(6-10)24-8-23-11/h2-6,9H,7-8H2,1H3,(H,17,19)/t9-/m0/s1. The Morgan fingerprint density at radius 2 is 2.08 bits per heavy atom. The molecule has 0 saturated carbocycles. The number of esters is 1. The van der Waals surface area contributed by atoms with Gasteiger partial charge in [0.2, 0.25) is 6.79 Å². The predicted molar refractivity (Wildman–Crippen MR) is 90.3 cm³/mol. The third-order valence-electron chi connectivity index (χ3n) is 3.53. The molecule has 3 rings (SSSR count). The SMILES string of the molecule is C[C@H](OC(=O)c1ccc([N+](=O)[O-])s1)C(=O)NCc1ccc2c(c1)OCO2. The van der Waals surface area contributed by atoms with Crippen molar-refractivity contribution in [3.05, 3.63) is 50.9 Å². The number of carbonyl (C=O) groups is 2. The third kappa shape index (κ3) is 3.91. The van der Waals surface area contributed by atoms with E-state index in [9.17, 15) is 19.7 Å². The van der Waals surface area contributed by atoms with Crippen LogP contribution in [0, 0.1) is 10.1 Å². The van der Waals surface area contributed by atoms with Gasteiger partial charge in [-0.25, -0.2) is 4.79 Å². The Morgan fingerprint density at radius 1 is 1.31 bits per heavy atom. The first kappa shape index (κ1) is 17.7. The number of carbonyl (C=O) groups excluding carboxylic acids is 2. The second kappa shape index (κ2) is 7.40. The lowest BCUT2D eigenvalue weighted by atomic mass is 10.2. The molecule has 9 nitrogen and oxygen atoms in total. The average Bonchev–Trinajstić information content (AvgIpc) is 3.28. The molecule has 2 heterocycles. The number of nitrogens with zero attached hydrogens (tertiary/aromatic N) is 1. The van der Waals surface area contributed by atoms with Crippen molar-refractivity contribution in [2.45, 2.75) is 19.6 Å². The van der Waals surface area contributed by atoms with E-state index in [1.807, 2.05) is 0 Å². The minimum Gasteiger partial charge on any atom is -0.454 e. The van der Waals surface area contributed by atoms with Crippen LogP contribution >= 0.6 is 11.3 Å². The Hall–Kier alpha value is -3.14. The molecule has 2 aromatic rings. The van der Waals surface area contributed by atoms with Crippen LogP contribution in [0.25, 0.3) is 0 Å². The molecular formula is C16H14N2O7S. The van der Waals surface area contributed by atoms with Gasteiger partial charge in [0.1, 0.15) is 4.88 Å². The first-order valence-corrected chi connectivity index (χ1v) is 8.37. The molecule has 1 atom stereocenters. The van der Waals surface area contributed by atoms with Gasteiger partial charge in [-0.3, -0.25) is 14.9 Å². The molecule has 0 aliphatic carbocycles. The van der Waals surface area contributed by atoms with E-state index in [1.54, 1.807) is 18.2 Å². The summed E-state index contributed by atoms with van der Waals surface area (Å²) in [5.74, 6) is -0.0150. The number of ether oxygens (including phenoxy) is 3. The molecule has 0 unspecified atom stereocenters. The van der Waals surface area contributed by atoms with Crippen LogP contribution in [-0.2, 0) is 16.1 Å². The van der Waals surface area contributed by atoms with Gasteiger partial charge in [0.15, 0.2) is 17.6 Å². The molecular weight excluding hydrogens is 364 g/mol. The van der Waals surface area contributed by atoms with Crippen molar-refractivity contribution >= 4 is 28.2 Å². The normalized spacial score (nSPS) is 13.1. The number of nitrogens with one attached hydrogen (secondary N) is 1. The van der Waals surface area contributed by atoms with E-state index in [2.05, 4.69) is 5.32 Å². The smallest absolute Gasteiger partial charge is 0.349 e. The Morgan fingerprint density at radius 3 is 2.81 bits per heavy atom. The quantitative estimate of drug-likeness (QED) is 0.465. The second-order valence-electron chi connectivity index (χ2n) is 5.35. The maximum Gasteiger partial charge on any atom is 0.349 e. The lowest BCUT2D eigenvalue weighted by Gasteiger charge is -2.13. The number of thiophene rings is 1. The Bertz CT molecular complexity index is 864. The van der Waals surface area contributed by atoms with Gasteiger partial charge in [0.05, 0.1) is 4.92 Å². The number of hydrogen-bond donors (Lipinski definition) is 1. The Kier molecular flexibility index (Phi) is 5.03. The summed E-state index contributed by atoms with van der Waals surface area (Å²) in [7, 11) is 0. The van der Waals surface area contributed by atoms with Crippen molar-refractivity contribution in [3.8, 4) is 11.5 Å². The number of benzene rings is 1. The van der Waals surface area contributed by atoms with Gasteiger partial charge < -0.3 is 19.5 Å². The highest BCUT2D eigenvalue weighted by Crippen LogP contribution is 2.32. The van der Waals surface area contributed by atoms with Crippen LogP contribution in [0.5, 0.6) is 11.5 Å². The average molecular weight is 378 g/mol. The number of rotatable bonds is 6. The van der Waals surface area contributed by atoms with Gasteiger partial charge in [-0.2, -0.15) is 0 Å². The summed E-state index contributed by atoms with van der Waals surface area (Å²) in [4.78, 5) is 34.1. The van der Waals surface area contributed by atoms with Crippen molar-refractivity contribution in [3.63, 3.8) is 0 Å². The van der Waals surface area contributed by atoms with Gasteiger partial charge in [0.25, 0.3) is 5.91 Å². The summed E-state index contributed by atoms with van der Waals surface area (Å²) in [6, 6.07) is 7.80. The van der Waals surface area contributed by atoms with Gasteiger partial charge in [-0.1, -0.05) is 17.4 Å². The van der Waals surface area contributed by atoms with Crippen LogP contribution in [0.2, 0.25) is 0 Å². The molecule has 0 bridgehead atoms. The number of nitro groups is 1. The van der Waals surface area contributed by atoms with Crippen molar-refractivity contribution < 1.29 is 28.7 Å². The van der Waals surface area contributed by atoms with Gasteiger partial charge in [0, 0.05) is 12.6 Å². The van der Waals surface area contributed by atoms with Crippen molar-refractivity contribution in [2.75, 3.05) is 6.79 Å². The second-order valence-corrected chi connectivity index (χ2v) is 6.41. The summed E-state index contributed by atoms with van der Waals surface area (Å²) in [6.45, 7) is 1.82. The van der Waals surface area contributed by atoms with E-state index in [1.165, 1.54) is 19.1 Å². The number of fused-ring (bicyclic) bond motifs is 1. The summed E-state index contributed by atoms with van der Waals surface area (Å²) in [6.07, 6.45) is -1.04. The molecule has 1 aliphatic heterocycles. The zero-order chi connectivity index (χ0) is 18.7. The van der Waals surface area contributed by atoms with Crippen LogP contribution in [0.15, 0.2) is 30.3 Å². The van der Waals surface area contributed by atoms with Gasteiger partial charge >= 0.3 is 11.0 Å². The summed E-state index contributed by atoms with van der Waals surface area (Å²) in [5.41, 5.74) is 0.801. The predicted octanol–water partition coefficient (Wildman–Crippen LogP) is 2.25. The first-order valence-electron chi connectivity index (χ1n) is 7.55. The van der Waals surface area contributed by atoms with Crippen LogP contribution < -0.4 is 14.8 Å². The van der Waals surface area contributed by atoms with Crippen LogP contribution in [-0.4, -0.2) is 29.7 Å². The van der Waals surface area contributed by atoms with E-state index in [-0.39, 0.29) is 23.2 Å². The van der Waals surface area contributed by atoms with Crippen molar-refractivity contribution in [1.29, 1.82) is 0 Å². The van der Waals surface area contributed by atoms with Crippen molar-refractivity contribution in [2.24, 2.45) is 0 Å². The Labute approximate surface area is 151 Å². The molecule has 10 heteroatoms. The highest BCUT2D eigenvalue weighted by Gasteiger charge is 2.22. The molecule has 1 aliphatic rings. The lowest BCUT2D eigenvalue weighted by Crippen LogP contribution is -2.35. The first-order chi connectivity index (χ1) is 12.4. The lowest BCUT2D eigenvalue weighted by molar-refractivity contribution is -0.380. The highest BCUT2D eigenvalue weighted by molar-refractivity contribution is 7.17. The summed E-state index contributed by atoms with van der Waals surface area (Å²) >= 11 is 0.693. The number of hydrogen-bond acceptors (Lipinski definition) is 8. The van der Waals surface area contributed by atoms with Crippen LogP contribution in [0.1, 0.15) is 22.2 Å². The zero-order valence-electron chi connectivity index (χ0n) is 13.6. The largest absolute Gasteiger partial charge is 0.454 e. The molecule has 1 aromatic heterocycles. The third-order valence-corrected chi connectivity index (χ3v) is 4.55. The molecule has 0 saturated heterocycles. The Balaban J connectivity index is 1.52. The summed E-state index contributed by atoms with van der Waals surface area (Å²) in [5, 5.41) is 13.1.